The number of ether oxygens (including phenoxy) is 1. The van der Waals surface area contributed by atoms with Gasteiger partial charge < -0.3 is 10.1 Å². The van der Waals surface area contributed by atoms with Crippen molar-refractivity contribution in [3.8, 4) is 5.75 Å². The van der Waals surface area contributed by atoms with Gasteiger partial charge in [0.05, 0.1) is 6.04 Å². The Kier molecular flexibility index (Phi) is 4.32. The van der Waals surface area contributed by atoms with E-state index in [1.54, 1.807) is 11.3 Å². The first-order valence-corrected chi connectivity index (χ1v) is 8.69. The first-order valence-electron chi connectivity index (χ1n) is 7.74. The summed E-state index contributed by atoms with van der Waals surface area (Å²) < 4.78 is 5.82. The molecule has 0 bridgehead atoms. The van der Waals surface area contributed by atoms with Crippen molar-refractivity contribution in [3.05, 3.63) is 51.2 Å². The molecule has 0 saturated carbocycles. The number of benzene rings is 1. The van der Waals surface area contributed by atoms with Crippen LogP contribution in [0.25, 0.3) is 0 Å². The van der Waals surface area contributed by atoms with Crippen molar-refractivity contribution in [2.75, 3.05) is 6.54 Å². The zero-order valence-corrected chi connectivity index (χ0v) is 13.8. The van der Waals surface area contributed by atoms with E-state index in [4.69, 9.17) is 4.74 Å². The van der Waals surface area contributed by atoms with E-state index < -0.39 is 0 Å². The highest BCUT2D eigenvalue weighted by Crippen LogP contribution is 2.34. The Hall–Kier alpha value is -1.32. The van der Waals surface area contributed by atoms with Gasteiger partial charge in [-0.3, -0.25) is 0 Å². The minimum atomic E-state index is 0.289. The lowest BCUT2D eigenvalue weighted by Crippen LogP contribution is -2.23. The minimum Gasteiger partial charge on any atom is -0.490 e. The van der Waals surface area contributed by atoms with Gasteiger partial charge in [0.2, 0.25) is 0 Å². The van der Waals surface area contributed by atoms with Gasteiger partial charge in [-0.15, -0.1) is 0 Å². The number of hydrogen-bond donors (Lipinski definition) is 1. The molecule has 3 heteroatoms. The molecule has 0 saturated heterocycles. The van der Waals surface area contributed by atoms with E-state index in [-0.39, 0.29) is 6.04 Å². The summed E-state index contributed by atoms with van der Waals surface area (Å²) in [4.78, 5) is 0. The minimum absolute atomic E-state index is 0.289. The number of thiophene rings is 1. The number of fused-ring (bicyclic) bond motifs is 1. The van der Waals surface area contributed by atoms with Gasteiger partial charge in [0.1, 0.15) is 11.9 Å². The lowest BCUT2D eigenvalue weighted by molar-refractivity contribution is 0.254. The van der Waals surface area contributed by atoms with Crippen LogP contribution in [0.5, 0.6) is 5.75 Å². The molecule has 1 aliphatic rings. The summed E-state index contributed by atoms with van der Waals surface area (Å²) in [6.45, 7) is 7.58. The summed E-state index contributed by atoms with van der Waals surface area (Å²) in [5.74, 6) is 1.06. The highest BCUT2D eigenvalue weighted by molar-refractivity contribution is 7.08. The molecule has 0 fully saturated rings. The maximum absolute atomic E-state index is 5.82. The molecule has 2 atom stereocenters. The van der Waals surface area contributed by atoms with Crippen LogP contribution in [0.3, 0.4) is 0 Å². The van der Waals surface area contributed by atoms with Gasteiger partial charge in [0.15, 0.2) is 0 Å². The van der Waals surface area contributed by atoms with Gasteiger partial charge in [-0.2, -0.15) is 11.3 Å². The first kappa shape index (κ1) is 14.6. The molecule has 0 spiro atoms. The SMILES string of the molecule is CCCNC(c1ccc2c(c1)CC(C)O2)c1cscc1C. The van der Waals surface area contributed by atoms with E-state index in [2.05, 4.69) is 55.0 Å². The fourth-order valence-electron chi connectivity index (χ4n) is 2.98. The fraction of sp³-hybridized carbons (Fsp3) is 0.444. The molecule has 112 valence electrons. The van der Waals surface area contributed by atoms with Crippen molar-refractivity contribution in [1.29, 1.82) is 0 Å². The van der Waals surface area contributed by atoms with Crippen LogP contribution in [0.15, 0.2) is 29.0 Å². The molecule has 21 heavy (non-hydrogen) atoms. The number of rotatable bonds is 5. The smallest absolute Gasteiger partial charge is 0.123 e. The monoisotopic (exact) mass is 301 g/mol. The average Bonchev–Trinajstić information content (AvgIpc) is 3.04. The predicted molar refractivity (Wildman–Crippen MR) is 89.4 cm³/mol. The summed E-state index contributed by atoms with van der Waals surface area (Å²) in [7, 11) is 0. The van der Waals surface area contributed by atoms with Crippen molar-refractivity contribution < 1.29 is 4.74 Å². The van der Waals surface area contributed by atoms with E-state index in [1.165, 1.54) is 22.3 Å². The molecule has 1 aliphatic heterocycles. The maximum Gasteiger partial charge on any atom is 0.123 e. The van der Waals surface area contributed by atoms with Crippen LogP contribution < -0.4 is 10.1 Å². The number of nitrogens with one attached hydrogen (secondary N) is 1. The Bertz CT molecular complexity index is 619. The Labute approximate surface area is 131 Å². The van der Waals surface area contributed by atoms with Crippen LogP contribution in [0.4, 0.5) is 0 Å². The molecule has 1 aromatic carbocycles. The summed E-state index contributed by atoms with van der Waals surface area (Å²) in [6, 6.07) is 6.96. The molecule has 2 nitrogen and oxygen atoms in total. The van der Waals surface area contributed by atoms with Crippen LogP contribution in [-0.2, 0) is 6.42 Å². The van der Waals surface area contributed by atoms with E-state index in [9.17, 15) is 0 Å². The van der Waals surface area contributed by atoms with Crippen LogP contribution in [0.2, 0.25) is 0 Å². The van der Waals surface area contributed by atoms with Gasteiger partial charge >= 0.3 is 0 Å². The second-order valence-corrected chi connectivity index (χ2v) is 6.64. The molecule has 1 aromatic heterocycles. The van der Waals surface area contributed by atoms with Crippen LogP contribution in [0, 0.1) is 6.92 Å². The molecule has 3 rings (SSSR count). The molecule has 2 unspecified atom stereocenters. The van der Waals surface area contributed by atoms with Gasteiger partial charge in [-0.25, -0.2) is 0 Å². The number of aryl methyl sites for hydroxylation is 1. The maximum atomic E-state index is 5.82. The quantitative estimate of drug-likeness (QED) is 0.880. The highest BCUT2D eigenvalue weighted by Gasteiger charge is 2.22. The Balaban J connectivity index is 1.94. The van der Waals surface area contributed by atoms with Crippen molar-refractivity contribution >= 4 is 11.3 Å². The second kappa shape index (κ2) is 6.20. The summed E-state index contributed by atoms with van der Waals surface area (Å²) in [5.41, 5.74) is 5.47. The average molecular weight is 301 g/mol. The summed E-state index contributed by atoms with van der Waals surface area (Å²) in [6.07, 6.45) is 2.47. The van der Waals surface area contributed by atoms with Crippen LogP contribution >= 0.6 is 11.3 Å². The standard InChI is InChI=1S/C18H23NOS/c1-4-7-19-18(16-11-21-10-12(16)2)14-5-6-17-15(9-14)8-13(3)20-17/h5-6,9-11,13,18-19H,4,7-8H2,1-3H3. The van der Waals surface area contributed by atoms with Crippen LogP contribution in [-0.4, -0.2) is 12.6 Å². The van der Waals surface area contributed by atoms with E-state index >= 15 is 0 Å². The van der Waals surface area contributed by atoms with Gasteiger partial charge in [-0.1, -0.05) is 19.1 Å². The first-order chi connectivity index (χ1) is 10.2. The van der Waals surface area contributed by atoms with Crippen molar-refractivity contribution in [3.63, 3.8) is 0 Å². The van der Waals surface area contributed by atoms with Crippen molar-refractivity contribution in [2.45, 2.75) is 45.8 Å². The Morgan fingerprint density at radius 2 is 2.24 bits per heavy atom. The van der Waals surface area contributed by atoms with Crippen molar-refractivity contribution in [1.82, 2.24) is 5.32 Å². The summed E-state index contributed by atoms with van der Waals surface area (Å²) >= 11 is 1.78. The molecule has 0 amide bonds. The predicted octanol–water partition coefficient (Wildman–Crippen LogP) is 4.47. The molecular formula is C18H23NOS. The third kappa shape index (κ3) is 2.99. The molecule has 0 aliphatic carbocycles. The second-order valence-electron chi connectivity index (χ2n) is 5.90. The van der Waals surface area contributed by atoms with Gasteiger partial charge in [-0.05, 0) is 65.9 Å². The van der Waals surface area contributed by atoms with E-state index in [1.807, 2.05) is 0 Å². The highest BCUT2D eigenvalue weighted by atomic mass is 32.1. The Morgan fingerprint density at radius 1 is 1.38 bits per heavy atom. The zero-order chi connectivity index (χ0) is 14.8. The van der Waals surface area contributed by atoms with Gasteiger partial charge in [0, 0.05) is 6.42 Å². The van der Waals surface area contributed by atoms with Crippen LogP contribution in [0.1, 0.15) is 48.6 Å². The third-order valence-electron chi connectivity index (χ3n) is 4.06. The summed E-state index contributed by atoms with van der Waals surface area (Å²) in [5, 5.41) is 8.20. The molecule has 0 radical (unpaired) electrons. The largest absolute Gasteiger partial charge is 0.490 e. The Morgan fingerprint density at radius 3 is 2.95 bits per heavy atom. The third-order valence-corrected chi connectivity index (χ3v) is 4.94. The van der Waals surface area contributed by atoms with Crippen molar-refractivity contribution in [2.24, 2.45) is 0 Å². The molecule has 2 aromatic rings. The van der Waals surface area contributed by atoms with E-state index in [0.29, 0.717) is 6.10 Å². The number of hydrogen-bond acceptors (Lipinski definition) is 3. The lowest BCUT2D eigenvalue weighted by atomic mass is 9.95. The molecule has 2 heterocycles. The van der Waals surface area contributed by atoms with E-state index in [0.717, 1.165) is 25.1 Å². The van der Waals surface area contributed by atoms with Gasteiger partial charge in [0.25, 0.3) is 0 Å². The fourth-order valence-corrected chi connectivity index (χ4v) is 3.86. The molecule has 1 N–H and O–H groups in total. The topological polar surface area (TPSA) is 21.3 Å². The normalized spacial score (nSPS) is 18.3. The molecular weight excluding hydrogens is 278 g/mol. The zero-order valence-electron chi connectivity index (χ0n) is 13.0. The lowest BCUT2D eigenvalue weighted by Gasteiger charge is -2.20.